The Kier molecular flexibility index (Phi) is 4.48. The van der Waals surface area contributed by atoms with E-state index in [-0.39, 0.29) is 11.3 Å². The molecule has 1 amide bonds. The molecule has 4 heteroatoms. The highest BCUT2D eigenvalue weighted by Crippen LogP contribution is 2.22. The summed E-state index contributed by atoms with van der Waals surface area (Å²) in [6.07, 6.45) is 6.41. The minimum absolute atomic E-state index is 0.129. The van der Waals surface area contributed by atoms with Gasteiger partial charge in [-0.25, -0.2) is 9.97 Å². The largest absolute Gasteiger partial charge is 0.291 e. The van der Waals surface area contributed by atoms with E-state index in [9.17, 15) is 4.79 Å². The van der Waals surface area contributed by atoms with Gasteiger partial charge in [0, 0.05) is 18.5 Å². The molecule has 0 bridgehead atoms. The predicted molar refractivity (Wildman–Crippen MR) is 84.8 cm³/mol. The number of aromatic nitrogens is 2. The standard InChI is InChI=1S/C17H19N3O/c1-17(2,3)14-8-5-13(6-9-14)7-10-15(21)20-16-18-11-4-12-19-16/h4-12H,1-3H3,(H,18,19,20,21)/b10-7+. The molecule has 0 aliphatic carbocycles. The highest BCUT2D eigenvalue weighted by Gasteiger charge is 2.12. The van der Waals surface area contributed by atoms with Crippen molar-refractivity contribution in [3.8, 4) is 0 Å². The SMILES string of the molecule is CC(C)(C)c1ccc(/C=C/C(=O)Nc2ncccn2)cc1. The highest BCUT2D eigenvalue weighted by atomic mass is 16.1. The van der Waals surface area contributed by atoms with Crippen molar-refractivity contribution < 1.29 is 4.79 Å². The lowest BCUT2D eigenvalue weighted by Gasteiger charge is -2.18. The van der Waals surface area contributed by atoms with Crippen molar-refractivity contribution in [2.75, 3.05) is 5.32 Å². The maximum Gasteiger partial charge on any atom is 0.250 e. The van der Waals surface area contributed by atoms with Crippen LogP contribution in [0.5, 0.6) is 0 Å². The zero-order valence-electron chi connectivity index (χ0n) is 12.5. The van der Waals surface area contributed by atoms with Crippen LogP contribution in [0.3, 0.4) is 0 Å². The highest BCUT2D eigenvalue weighted by molar-refractivity contribution is 6.00. The third-order valence-electron chi connectivity index (χ3n) is 3.00. The molecule has 2 rings (SSSR count). The number of carbonyl (C=O) groups is 1. The number of rotatable bonds is 3. The molecule has 2 aromatic rings. The zero-order valence-corrected chi connectivity index (χ0v) is 12.5. The molecule has 0 saturated heterocycles. The number of amides is 1. The smallest absolute Gasteiger partial charge is 0.250 e. The minimum Gasteiger partial charge on any atom is -0.291 e. The number of hydrogen-bond donors (Lipinski definition) is 1. The predicted octanol–water partition coefficient (Wildman–Crippen LogP) is 3.43. The lowest BCUT2D eigenvalue weighted by Crippen LogP contribution is -2.11. The molecule has 1 aromatic heterocycles. The second kappa shape index (κ2) is 6.31. The molecule has 1 aromatic carbocycles. The van der Waals surface area contributed by atoms with Crippen LogP contribution in [0.2, 0.25) is 0 Å². The minimum atomic E-state index is -0.249. The van der Waals surface area contributed by atoms with E-state index in [0.29, 0.717) is 5.95 Å². The Morgan fingerprint density at radius 1 is 1.10 bits per heavy atom. The van der Waals surface area contributed by atoms with Crippen LogP contribution >= 0.6 is 0 Å². The molecule has 0 radical (unpaired) electrons. The van der Waals surface area contributed by atoms with Crippen LogP contribution in [0.15, 0.2) is 48.8 Å². The summed E-state index contributed by atoms with van der Waals surface area (Å²) in [5, 5.41) is 2.60. The Bertz CT molecular complexity index is 625. The number of benzene rings is 1. The van der Waals surface area contributed by atoms with Crippen molar-refractivity contribution in [1.82, 2.24) is 9.97 Å². The maximum absolute atomic E-state index is 11.7. The Morgan fingerprint density at radius 2 is 1.71 bits per heavy atom. The van der Waals surface area contributed by atoms with E-state index in [1.165, 1.54) is 11.6 Å². The van der Waals surface area contributed by atoms with Gasteiger partial charge in [-0.15, -0.1) is 0 Å². The first-order chi connectivity index (χ1) is 9.95. The van der Waals surface area contributed by atoms with Crippen molar-refractivity contribution in [1.29, 1.82) is 0 Å². The molecule has 0 aliphatic heterocycles. The summed E-state index contributed by atoms with van der Waals surface area (Å²) < 4.78 is 0. The first kappa shape index (κ1) is 14.9. The van der Waals surface area contributed by atoms with Gasteiger partial charge in [0.05, 0.1) is 0 Å². The normalized spacial score (nSPS) is 11.6. The van der Waals surface area contributed by atoms with Gasteiger partial charge in [-0.1, -0.05) is 45.0 Å². The van der Waals surface area contributed by atoms with E-state index in [1.807, 2.05) is 12.1 Å². The molecule has 0 atom stereocenters. The number of hydrogen-bond acceptors (Lipinski definition) is 3. The van der Waals surface area contributed by atoms with E-state index < -0.39 is 0 Å². The molecule has 1 N–H and O–H groups in total. The fourth-order valence-electron chi connectivity index (χ4n) is 1.78. The second-order valence-corrected chi connectivity index (χ2v) is 5.77. The maximum atomic E-state index is 11.7. The molecule has 108 valence electrons. The van der Waals surface area contributed by atoms with Crippen LogP contribution in [0.4, 0.5) is 5.95 Å². The van der Waals surface area contributed by atoms with Gasteiger partial charge in [0.15, 0.2) is 0 Å². The van der Waals surface area contributed by atoms with Gasteiger partial charge in [0.1, 0.15) is 0 Å². The van der Waals surface area contributed by atoms with Crippen molar-refractivity contribution in [2.45, 2.75) is 26.2 Å². The third kappa shape index (κ3) is 4.53. The molecule has 0 aliphatic rings. The first-order valence-corrected chi connectivity index (χ1v) is 6.82. The molecule has 0 fully saturated rings. The fraction of sp³-hybridized carbons (Fsp3) is 0.235. The quantitative estimate of drug-likeness (QED) is 0.877. The van der Waals surface area contributed by atoms with Crippen LogP contribution in [-0.4, -0.2) is 15.9 Å². The number of anilines is 1. The zero-order chi connectivity index (χ0) is 15.3. The van der Waals surface area contributed by atoms with Crippen molar-refractivity contribution in [3.63, 3.8) is 0 Å². The topological polar surface area (TPSA) is 54.9 Å². The summed E-state index contributed by atoms with van der Waals surface area (Å²) >= 11 is 0. The summed E-state index contributed by atoms with van der Waals surface area (Å²) in [6.45, 7) is 6.52. The average molecular weight is 281 g/mol. The van der Waals surface area contributed by atoms with E-state index >= 15 is 0 Å². The summed E-state index contributed by atoms with van der Waals surface area (Å²) in [4.78, 5) is 19.6. The van der Waals surface area contributed by atoms with Crippen LogP contribution in [0.25, 0.3) is 6.08 Å². The first-order valence-electron chi connectivity index (χ1n) is 6.82. The van der Waals surface area contributed by atoms with E-state index in [0.717, 1.165) is 5.56 Å². The monoisotopic (exact) mass is 281 g/mol. The summed E-state index contributed by atoms with van der Waals surface area (Å²) in [6, 6.07) is 9.87. The average Bonchev–Trinajstić information content (AvgIpc) is 2.46. The van der Waals surface area contributed by atoms with Crippen LogP contribution < -0.4 is 5.32 Å². The van der Waals surface area contributed by atoms with Gasteiger partial charge in [-0.3, -0.25) is 10.1 Å². The fourth-order valence-corrected chi connectivity index (χ4v) is 1.78. The van der Waals surface area contributed by atoms with Gasteiger partial charge < -0.3 is 0 Å². The molecular weight excluding hydrogens is 262 g/mol. The summed E-state index contributed by atoms with van der Waals surface area (Å²) in [7, 11) is 0. The Labute approximate surface area is 125 Å². The number of carbonyl (C=O) groups excluding carboxylic acids is 1. The van der Waals surface area contributed by atoms with E-state index in [1.54, 1.807) is 24.5 Å². The van der Waals surface area contributed by atoms with Gasteiger partial charge in [-0.05, 0) is 28.7 Å². The van der Waals surface area contributed by atoms with Gasteiger partial charge in [0.25, 0.3) is 5.91 Å². The lowest BCUT2D eigenvalue weighted by molar-refractivity contribution is -0.111. The second-order valence-electron chi connectivity index (χ2n) is 5.77. The Balaban J connectivity index is 1.99. The molecule has 21 heavy (non-hydrogen) atoms. The molecule has 0 saturated carbocycles. The Hall–Kier alpha value is -2.49. The van der Waals surface area contributed by atoms with E-state index in [4.69, 9.17) is 0 Å². The molecule has 1 heterocycles. The molecule has 0 spiro atoms. The number of nitrogens with one attached hydrogen (secondary N) is 1. The van der Waals surface area contributed by atoms with Gasteiger partial charge >= 0.3 is 0 Å². The van der Waals surface area contributed by atoms with Crippen LogP contribution in [0, 0.1) is 0 Å². The third-order valence-corrected chi connectivity index (χ3v) is 3.00. The van der Waals surface area contributed by atoms with Gasteiger partial charge in [0.2, 0.25) is 5.95 Å². The molecular formula is C17H19N3O. The molecule has 4 nitrogen and oxygen atoms in total. The number of nitrogens with zero attached hydrogens (tertiary/aromatic N) is 2. The lowest BCUT2D eigenvalue weighted by atomic mass is 9.87. The van der Waals surface area contributed by atoms with E-state index in [2.05, 4.69) is 48.2 Å². The summed E-state index contributed by atoms with van der Waals surface area (Å²) in [5.41, 5.74) is 2.37. The van der Waals surface area contributed by atoms with Gasteiger partial charge in [-0.2, -0.15) is 0 Å². The molecule has 0 unspecified atom stereocenters. The van der Waals surface area contributed by atoms with Crippen molar-refractivity contribution in [2.24, 2.45) is 0 Å². The Morgan fingerprint density at radius 3 is 2.29 bits per heavy atom. The van der Waals surface area contributed by atoms with Crippen molar-refractivity contribution in [3.05, 3.63) is 59.9 Å². The van der Waals surface area contributed by atoms with Crippen LogP contribution in [0.1, 0.15) is 31.9 Å². The van der Waals surface area contributed by atoms with Crippen LogP contribution in [-0.2, 0) is 10.2 Å². The van der Waals surface area contributed by atoms with Crippen molar-refractivity contribution >= 4 is 17.9 Å². The summed E-state index contributed by atoms with van der Waals surface area (Å²) in [5.74, 6) is 0.0522.